The molecule has 6 heteroatoms. The van der Waals surface area contributed by atoms with Gasteiger partial charge in [0.15, 0.2) is 5.00 Å². The second-order valence-electron chi connectivity index (χ2n) is 5.30. The van der Waals surface area contributed by atoms with E-state index in [1.165, 1.54) is 23.8 Å². The molecule has 106 valence electrons. The lowest BCUT2D eigenvalue weighted by atomic mass is 10.0. The van der Waals surface area contributed by atoms with Gasteiger partial charge < -0.3 is 10.0 Å². The van der Waals surface area contributed by atoms with E-state index in [0.717, 1.165) is 25.9 Å². The molecule has 5 nitrogen and oxygen atoms in total. The van der Waals surface area contributed by atoms with Gasteiger partial charge in [0.1, 0.15) is 0 Å². The number of thiophene rings is 1. The van der Waals surface area contributed by atoms with Crippen LogP contribution in [0.2, 0.25) is 0 Å². The molecule has 0 aromatic carbocycles. The van der Waals surface area contributed by atoms with Gasteiger partial charge in [-0.25, -0.2) is 0 Å². The summed E-state index contributed by atoms with van der Waals surface area (Å²) in [5.74, 6) is 0.681. The third-order valence-corrected chi connectivity index (χ3v) is 4.98. The van der Waals surface area contributed by atoms with E-state index in [1.54, 1.807) is 6.92 Å². The molecule has 1 aromatic rings. The van der Waals surface area contributed by atoms with Gasteiger partial charge in [0.25, 0.3) is 0 Å². The van der Waals surface area contributed by atoms with E-state index in [4.69, 9.17) is 0 Å². The average molecular weight is 284 g/mol. The number of nitrogens with zero attached hydrogens (tertiary/aromatic N) is 2. The van der Waals surface area contributed by atoms with Gasteiger partial charge in [-0.2, -0.15) is 0 Å². The van der Waals surface area contributed by atoms with Crippen LogP contribution in [0.5, 0.6) is 0 Å². The Labute approximate surface area is 117 Å². The average Bonchev–Trinajstić information content (AvgIpc) is 2.68. The molecule has 2 heterocycles. The van der Waals surface area contributed by atoms with Crippen LogP contribution in [0.1, 0.15) is 44.1 Å². The van der Waals surface area contributed by atoms with Crippen LogP contribution in [0.3, 0.4) is 0 Å². The lowest BCUT2D eigenvalue weighted by Crippen LogP contribution is -2.23. The molecule has 1 aromatic heterocycles. The normalized spacial score (nSPS) is 22.1. The highest BCUT2D eigenvalue weighted by atomic mass is 32.1. The van der Waals surface area contributed by atoms with Gasteiger partial charge in [-0.05, 0) is 32.1 Å². The standard InChI is InChI=1S/C13H20N2O3S/c1-9-4-3-6-14(7-5-9)13-11(15(17)18)8-12(19-13)10(2)16/h8-10,16H,3-7H2,1-2H3. The molecule has 0 aliphatic carbocycles. The summed E-state index contributed by atoms with van der Waals surface area (Å²) in [6.07, 6.45) is 2.67. The molecule has 0 amide bonds. The molecular formula is C13H20N2O3S. The summed E-state index contributed by atoms with van der Waals surface area (Å²) >= 11 is 1.35. The number of anilines is 1. The van der Waals surface area contributed by atoms with Gasteiger partial charge in [-0.3, -0.25) is 10.1 Å². The molecule has 2 unspecified atom stereocenters. The fourth-order valence-corrected chi connectivity index (χ4v) is 3.53. The summed E-state index contributed by atoms with van der Waals surface area (Å²) < 4.78 is 0. The van der Waals surface area contributed by atoms with Crippen molar-refractivity contribution < 1.29 is 10.0 Å². The van der Waals surface area contributed by atoms with Gasteiger partial charge in [-0.1, -0.05) is 6.92 Å². The van der Waals surface area contributed by atoms with Crippen molar-refractivity contribution in [2.24, 2.45) is 5.92 Å². The van der Waals surface area contributed by atoms with E-state index in [2.05, 4.69) is 11.8 Å². The Morgan fingerprint density at radius 2 is 2.26 bits per heavy atom. The van der Waals surface area contributed by atoms with Gasteiger partial charge in [0, 0.05) is 24.0 Å². The van der Waals surface area contributed by atoms with Gasteiger partial charge in [0.05, 0.1) is 11.0 Å². The number of hydrogen-bond donors (Lipinski definition) is 1. The van der Waals surface area contributed by atoms with E-state index >= 15 is 0 Å². The minimum Gasteiger partial charge on any atom is -0.388 e. The Balaban J connectivity index is 2.29. The zero-order valence-electron chi connectivity index (χ0n) is 11.3. The van der Waals surface area contributed by atoms with Crippen molar-refractivity contribution in [2.45, 2.75) is 39.2 Å². The molecule has 0 bridgehead atoms. The lowest BCUT2D eigenvalue weighted by Gasteiger charge is -2.20. The number of aliphatic hydroxyl groups is 1. The highest BCUT2D eigenvalue weighted by Crippen LogP contribution is 2.41. The quantitative estimate of drug-likeness (QED) is 0.683. The first-order chi connectivity index (χ1) is 8.99. The predicted octanol–water partition coefficient (Wildman–Crippen LogP) is 3.34. The van der Waals surface area contributed by atoms with Crippen molar-refractivity contribution in [3.63, 3.8) is 0 Å². The van der Waals surface area contributed by atoms with Crippen molar-refractivity contribution in [1.82, 2.24) is 0 Å². The lowest BCUT2D eigenvalue weighted by molar-refractivity contribution is -0.383. The fourth-order valence-electron chi connectivity index (χ4n) is 2.42. The first kappa shape index (κ1) is 14.3. The molecule has 1 fully saturated rings. The zero-order chi connectivity index (χ0) is 14.0. The van der Waals surface area contributed by atoms with Gasteiger partial charge in [-0.15, -0.1) is 11.3 Å². The zero-order valence-corrected chi connectivity index (χ0v) is 12.2. The van der Waals surface area contributed by atoms with Crippen molar-refractivity contribution in [3.8, 4) is 0 Å². The Morgan fingerprint density at radius 3 is 2.89 bits per heavy atom. The molecule has 1 aliphatic rings. The van der Waals surface area contributed by atoms with E-state index in [-0.39, 0.29) is 10.6 Å². The molecule has 1 aliphatic heterocycles. The SMILES string of the molecule is CC1CCCN(c2sc(C(C)O)cc2[N+](=O)[O-])CC1. The fraction of sp³-hybridized carbons (Fsp3) is 0.692. The third-order valence-electron chi connectivity index (χ3n) is 3.63. The van der Waals surface area contributed by atoms with Crippen molar-refractivity contribution >= 4 is 22.0 Å². The Morgan fingerprint density at radius 1 is 1.53 bits per heavy atom. The number of rotatable bonds is 3. The summed E-state index contributed by atoms with van der Waals surface area (Å²) in [6, 6.07) is 1.51. The van der Waals surface area contributed by atoms with Crippen LogP contribution in [0.4, 0.5) is 10.7 Å². The second kappa shape index (κ2) is 5.88. The van der Waals surface area contributed by atoms with E-state index in [1.807, 2.05) is 0 Å². The Hall–Kier alpha value is -1.14. The molecular weight excluding hydrogens is 264 g/mol. The van der Waals surface area contributed by atoms with Gasteiger partial charge in [0.2, 0.25) is 0 Å². The highest BCUT2D eigenvalue weighted by molar-refractivity contribution is 7.16. The van der Waals surface area contributed by atoms with Crippen LogP contribution >= 0.6 is 11.3 Å². The maximum atomic E-state index is 11.2. The van der Waals surface area contributed by atoms with E-state index in [0.29, 0.717) is 15.8 Å². The molecule has 2 atom stereocenters. The summed E-state index contributed by atoms with van der Waals surface area (Å²) in [6.45, 7) is 5.60. The summed E-state index contributed by atoms with van der Waals surface area (Å²) in [4.78, 5) is 13.6. The largest absolute Gasteiger partial charge is 0.388 e. The summed E-state index contributed by atoms with van der Waals surface area (Å²) in [5.41, 5.74) is 0.135. The maximum Gasteiger partial charge on any atom is 0.304 e. The van der Waals surface area contributed by atoms with Crippen molar-refractivity contribution in [2.75, 3.05) is 18.0 Å². The first-order valence-electron chi connectivity index (χ1n) is 6.70. The summed E-state index contributed by atoms with van der Waals surface area (Å²) in [7, 11) is 0. The predicted molar refractivity (Wildman–Crippen MR) is 76.8 cm³/mol. The molecule has 1 saturated heterocycles. The number of aliphatic hydroxyl groups excluding tert-OH is 1. The topological polar surface area (TPSA) is 66.6 Å². The van der Waals surface area contributed by atoms with Crippen LogP contribution in [0.15, 0.2) is 6.07 Å². The number of hydrogen-bond acceptors (Lipinski definition) is 5. The van der Waals surface area contributed by atoms with Crippen molar-refractivity contribution in [3.05, 3.63) is 21.1 Å². The molecule has 2 rings (SSSR count). The van der Waals surface area contributed by atoms with Crippen LogP contribution in [0, 0.1) is 16.0 Å². The monoisotopic (exact) mass is 284 g/mol. The Bertz CT molecular complexity index is 459. The van der Waals surface area contributed by atoms with Crippen LogP contribution in [-0.2, 0) is 0 Å². The Kier molecular flexibility index (Phi) is 4.42. The second-order valence-corrected chi connectivity index (χ2v) is 6.36. The first-order valence-corrected chi connectivity index (χ1v) is 7.51. The minimum atomic E-state index is -0.650. The maximum absolute atomic E-state index is 11.2. The molecule has 0 spiro atoms. The van der Waals surface area contributed by atoms with Crippen molar-refractivity contribution in [1.29, 1.82) is 0 Å². The van der Waals surface area contributed by atoms with Crippen LogP contribution < -0.4 is 4.90 Å². The van der Waals surface area contributed by atoms with Gasteiger partial charge >= 0.3 is 5.69 Å². The number of nitro groups is 1. The van der Waals surface area contributed by atoms with Crippen LogP contribution in [0.25, 0.3) is 0 Å². The summed E-state index contributed by atoms with van der Waals surface area (Å²) in [5, 5.41) is 21.5. The van der Waals surface area contributed by atoms with Crippen LogP contribution in [-0.4, -0.2) is 23.1 Å². The molecule has 0 saturated carbocycles. The minimum absolute atomic E-state index is 0.135. The molecule has 1 N–H and O–H groups in total. The smallest absolute Gasteiger partial charge is 0.304 e. The molecule has 19 heavy (non-hydrogen) atoms. The van der Waals surface area contributed by atoms with E-state index < -0.39 is 6.10 Å². The third kappa shape index (κ3) is 3.25. The molecule has 0 radical (unpaired) electrons. The van der Waals surface area contributed by atoms with E-state index in [9.17, 15) is 15.2 Å². The highest BCUT2D eigenvalue weighted by Gasteiger charge is 2.26.